The number of nitrogens with zero attached hydrogens (tertiary/aromatic N) is 1. The van der Waals surface area contributed by atoms with E-state index in [1.54, 1.807) is 13.2 Å². The van der Waals surface area contributed by atoms with Crippen molar-refractivity contribution in [3.05, 3.63) is 77.6 Å². The van der Waals surface area contributed by atoms with E-state index in [4.69, 9.17) is 9.47 Å². The maximum absolute atomic E-state index is 13.3. The predicted molar refractivity (Wildman–Crippen MR) is 141 cm³/mol. The average molecular weight is 514 g/mol. The van der Waals surface area contributed by atoms with Crippen LogP contribution in [0.5, 0.6) is 11.5 Å². The summed E-state index contributed by atoms with van der Waals surface area (Å²) in [6, 6.07) is 17.4. The quantitative estimate of drug-likeness (QED) is 0.284. The van der Waals surface area contributed by atoms with Gasteiger partial charge in [0.2, 0.25) is 0 Å². The van der Waals surface area contributed by atoms with E-state index in [9.17, 15) is 13.7 Å². The molecule has 1 aliphatic carbocycles. The van der Waals surface area contributed by atoms with Crippen molar-refractivity contribution in [3.8, 4) is 22.6 Å². The van der Waals surface area contributed by atoms with E-state index >= 15 is 0 Å². The topological polar surface area (TPSA) is 51.6 Å². The van der Waals surface area contributed by atoms with Gasteiger partial charge in [0.25, 0.3) is 6.43 Å². The zero-order valence-corrected chi connectivity index (χ0v) is 21.8. The number of aromatic nitrogens is 1. The Hall–Kier alpha value is -2.56. The van der Waals surface area contributed by atoms with Gasteiger partial charge in [0.05, 0.1) is 13.7 Å². The molecule has 36 heavy (non-hydrogen) atoms. The molecule has 1 fully saturated rings. The first-order valence-corrected chi connectivity index (χ1v) is 14.4. The van der Waals surface area contributed by atoms with Gasteiger partial charge >= 0.3 is 0 Å². The normalized spacial score (nSPS) is 18.7. The maximum Gasteiger partial charge on any atom is 0.280 e. The van der Waals surface area contributed by atoms with Gasteiger partial charge < -0.3 is 14.4 Å². The third kappa shape index (κ3) is 7.02. The number of rotatable bonds is 10. The highest BCUT2D eigenvalue weighted by Gasteiger charge is 2.26. The first-order valence-electron chi connectivity index (χ1n) is 12.5. The first-order chi connectivity index (χ1) is 17.4. The smallest absolute Gasteiger partial charge is 0.280 e. The van der Waals surface area contributed by atoms with Crippen molar-refractivity contribution in [2.75, 3.05) is 26.5 Å². The monoisotopic (exact) mass is 513 g/mol. The summed E-state index contributed by atoms with van der Waals surface area (Å²) >= 11 is 0. The third-order valence-electron chi connectivity index (χ3n) is 6.97. The SMILES string of the molecule is COc1ccc(-c2ccnc(C(F)F)c2)c(C2CCC(COc3cccc(CCP(C)O)c3)CC2)c1. The largest absolute Gasteiger partial charge is 0.497 e. The Morgan fingerprint density at radius 3 is 2.56 bits per heavy atom. The zero-order valence-electron chi connectivity index (χ0n) is 20.9. The highest BCUT2D eigenvalue weighted by Crippen LogP contribution is 2.42. The van der Waals surface area contributed by atoms with Crippen LogP contribution in [0.15, 0.2) is 60.8 Å². The molecule has 7 heteroatoms. The highest BCUT2D eigenvalue weighted by molar-refractivity contribution is 7.50. The second-order valence-corrected chi connectivity index (χ2v) is 11.3. The van der Waals surface area contributed by atoms with E-state index in [1.165, 1.54) is 17.8 Å². The molecule has 3 aromatic rings. The molecule has 0 saturated heterocycles. The molecule has 4 rings (SSSR count). The summed E-state index contributed by atoms with van der Waals surface area (Å²) in [6.45, 7) is 2.56. The summed E-state index contributed by atoms with van der Waals surface area (Å²) in [7, 11) is 0.761. The lowest BCUT2D eigenvalue weighted by atomic mass is 9.77. The van der Waals surface area contributed by atoms with Crippen LogP contribution < -0.4 is 9.47 Å². The maximum atomic E-state index is 13.3. The fourth-order valence-corrected chi connectivity index (χ4v) is 5.52. The Balaban J connectivity index is 1.41. The molecule has 192 valence electrons. The minimum Gasteiger partial charge on any atom is -0.497 e. The molecule has 0 spiro atoms. The summed E-state index contributed by atoms with van der Waals surface area (Å²) in [4.78, 5) is 13.4. The lowest BCUT2D eigenvalue weighted by Crippen LogP contribution is -2.19. The van der Waals surface area contributed by atoms with E-state index < -0.39 is 14.6 Å². The Morgan fingerprint density at radius 1 is 1.03 bits per heavy atom. The Bertz CT molecular complexity index is 1130. The predicted octanol–water partition coefficient (Wildman–Crippen LogP) is 7.61. The molecule has 1 heterocycles. The summed E-state index contributed by atoms with van der Waals surface area (Å²) in [5.41, 5.74) is 3.87. The number of benzene rings is 2. The van der Waals surface area contributed by atoms with Crippen molar-refractivity contribution in [2.24, 2.45) is 5.92 Å². The Morgan fingerprint density at radius 2 is 1.83 bits per heavy atom. The van der Waals surface area contributed by atoms with Crippen LogP contribution >= 0.6 is 8.15 Å². The number of aryl methyl sites for hydroxylation is 1. The van der Waals surface area contributed by atoms with Gasteiger partial charge in [-0.2, -0.15) is 0 Å². The van der Waals surface area contributed by atoms with Crippen LogP contribution in [-0.2, 0) is 6.42 Å². The van der Waals surface area contributed by atoms with Gasteiger partial charge in [-0.1, -0.05) is 18.2 Å². The molecular formula is C29H34F2NO3P. The third-order valence-corrected chi connectivity index (χ3v) is 7.84. The molecule has 4 nitrogen and oxygen atoms in total. The molecule has 1 saturated carbocycles. The molecule has 1 unspecified atom stereocenters. The molecule has 0 bridgehead atoms. The number of ether oxygens (including phenoxy) is 2. The molecular weight excluding hydrogens is 479 g/mol. The van der Waals surface area contributed by atoms with Crippen molar-refractivity contribution < 1.29 is 23.1 Å². The molecule has 2 aromatic carbocycles. The van der Waals surface area contributed by atoms with Crippen LogP contribution in [0.1, 0.15) is 54.8 Å². The summed E-state index contributed by atoms with van der Waals surface area (Å²) < 4.78 is 38.2. The minimum atomic E-state index is -2.60. The minimum absolute atomic E-state index is 0.203. The van der Waals surface area contributed by atoms with Gasteiger partial charge in [0.1, 0.15) is 17.2 Å². The second kappa shape index (κ2) is 12.6. The van der Waals surface area contributed by atoms with Crippen LogP contribution in [0.3, 0.4) is 0 Å². The van der Waals surface area contributed by atoms with E-state index in [1.807, 2.05) is 30.9 Å². The van der Waals surface area contributed by atoms with Crippen LogP contribution in [0.4, 0.5) is 8.78 Å². The number of hydrogen-bond acceptors (Lipinski definition) is 4. The lowest BCUT2D eigenvalue weighted by molar-refractivity contribution is 0.146. The van der Waals surface area contributed by atoms with Gasteiger partial charge in [0.15, 0.2) is 0 Å². The molecule has 1 N–H and O–H groups in total. The standard InChI is InChI=1S/C29H34F2NO3P/c1-34-24-10-11-26(23-12-14-32-28(17-23)29(30)31)27(18-24)22-8-6-21(7-9-22)19-35-25-5-3-4-20(16-25)13-15-36(2)33/h3-5,10-12,14,16-18,21-22,29,33H,6-9,13,15,19H2,1-2H3. The van der Waals surface area contributed by atoms with Gasteiger partial charge in [-0.05, 0) is 115 Å². The molecule has 0 radical (unpaired) electrons. The highest BCUT2D eigenvalue weighted by atomic mass is 31.1. The summed E-state index contributed by atoms with van der Waals surface area (Å²) in [5, 5.41) is 0. The summed E-state index contributed by atoms with van der Waals surface area (Å²) in [6.07, 6.45) is 4.64. The molecule has 1 aromatic heterocycles. The van der Waals surface area contributed by atoms with E-state index in [0.717, 1.165) is 66.5 Å². The molecule has 1 atom stereocenters. The average Bonchev–Trinajstić information content (AvgIpc) is 2.91. The van der Waals surface area contributed by atoms with Crippen LogP contribution in [0.2, 0.25) is 0 Å². The number of halogens is 2. The fourth-order valence-electron chi connectivity index (χ4n) is 4.94. The molecule has 1 aliphatic rings. The Labute approximate surface area is 213 Å². The van der Waals surface area contributed by atoms with Crippen LogP contribution in [0.25, 0.3) is 11.1 Å². The molecule has 0 aliphatic heterocycles. The molecule has 0 amide bonds. The number of hydrogen-bond donors (Lipinski definition) is 1. The van der Waals surface area contributed by atoms with Crippen LogP contribution in [0, 0.1) is 5.92 Å². The summed E-state index contributed by atoms with van der Waals surface area (Å²) in [5.74, 6) is 2.47. The van der Waals surface area contributed by atoms with Gasteiger partial charge in [-0.15, -0.1) is 0 Å². The zero-order chi connectivity index (χ0) is 25.5. The van der Waals surface area contributed by atoms with E-state index in [-0.39, 0.29) is 5.69 Å². The van der Waals surface area contributed by atoms with E-state index in [2.05, 4.69) is 23.2 Å². The van der Waals surface area contributed by atoms with Crippen molar-refractivity contribution in [1.29, 1.82) is 0 Å². The number of alkyl halides is 2. The van der Waals surface area contributed by atoms with Gasteiger partial charge in [-0.3, -0.25) is 4.98 Å². The van der Waals surface area contributed by atoms with Crippen molar-refractivity contribution in [2.45, 2.75) is 44.4 Å². The Kier molecular flexibility index (Phi) is 9.28. The van der Waals surface area contributed by atoms with Crippen molar-refractivity contribution in [1.82, 2.24) is 4.98 Å². The lowest BCUT2D eigenvalue weighted by Gasteiger charge is -2.30. The number of methoxy groups -OCH3 is 1. The van der Waals surface area contributed by atoms with Gasteiger partial charge in [0, 0.05) is 14.3 Å². The van der Waals surface area contributed by atoms with Gasteiger partial charge in [-0.25, -0.2) is 8.78 Å². The van der Waals surface area contributed by atoms with Crippen LogP contribution in [-0.4, -0.2) is 36.4 Å². The number of pyridine rings is 1. The first kappa shape index (κ1) is 26.5. The van der Waals surface area contributed by atoms with E-state index in [0.29, 0.717) is 18.4 Å². The van der Waals surface area contributed by atoms with Crippen molar-refractivity contribution in [3.63, 3.8) is 0 Å². The van der Waals surface area contributed by atoms with Crippen molar-refractivity contribution >= 4 is 8.15 Å². The fraction of sp³-hybridized carbons (Fsp3) is 0.414. The second-order valence-electron chi connectivity index (χ2n) is 9.53.